The van der Waals surface area contributed by atoms with E-state index in [4.69, 9.17) is 10.9 Å². The highest BCUT2D eigenvalue weighted by Gasteiger charge is 2.15. The predicted molar refractivity (Wildman–Crippen MR) is 68.4 cm³/mol. The molecule has 1 heterocycles. The highest BCUT2D eigenvalue weighted by molar-refractivity contribution is 7.99. The quantitative estimate of drug-likeness (QED) is 0.807. The van der Waals surface area contributed by atoms with Crippen LogP contribution >= 0.6 is 11.8 Å². The molecule has 0 atom stereocenters. The molecule has 2 rings (SSSR count). The van der Waals surface area contributed by atoms with E-state index in [0.717, 1.165) is 0 Å². The van der Waals surface area contributed by atoms with Crippen molar-refractivity contribution < 1.29 is 8.42 Å². The van der Waals surface area contributed by atoms with Gasteiger partial charge in [0.15, 0.2) is 0 Å². The van der Waals surface area contributed by atoms with Gasteiger partial charge in [-0.1, -0.05) is 17.8 Å². The molecule has 0 radical (unpaired) electrons. The van der Waals surface area contributed by atoms with E-state index >= 15 is 0 Å². The molecule has 4 N–H and O–H groups in total. The third-order valence-corrected chi connectivity index (χ3v) is 4.05. The summed E-state index contributed by atoms with van der Waals surface area (Å²) in [6.45, 7) is 0. The lowest BCUT2D eigenvalue weighted by atomic mass is 10.3. The molecule has 94 valence electrons. The van der Waals surface area contributed by atoms with Crippen molar-refractivity contribution in [1.29, 1.82) is 0 Å². The van der Waals surface area contributed by atoms with Crippen LogP contribution in [-0.4, -0.2) is 18.4 Å². The second-order valence-corrected chi connectivity index (χ2v) is 5.95. The van der Waals surface area contributed by atoms with Gasteiger partial charge in [0.1, 0.15) is 9.92 Å². The van der Waals surface area contributed by atoms with Crippen molar-refractivity contribution in [3.8, 4) is 0 Å². The Bertz CT molecular complexity index is 659. The van der Waals surface area contributed by atoms with Crippen LogP contribution in [0.4, 0.5) is 5.69 Å². The van der Waals surface area contributed by atoms with Gasteiger partial charge in [-0.15, -0.1) is 0 Å². The van der Waals surface area contributed by atoms with Gasteiger partial charge in [0.05, 0.1) is 11.9 Å². The fourth-order valence-corrected chi connectivity index (χ4v) is 2.88. The van der Waals surface area contributed by atoms with Crippen molar-refractivity contribution in [3.05, 3.63) is 36.8 Å². The van der Waals surface area contributed by atoms with Crippen molar-refractivity contribution in [2.75, 3.05) is 5.73 Å². The number of aromatic nitrogens is 2. The second-order valence-electron chi connectivity index (χ2n) is 3.36. The lowest BCUT2D eigenvalue weighted by Gasteiger charge is -2.08. The van der Waals surface area contributed by atoms with Crippen LogP contribution in [-0.2, 0) is 10.0 Å². The lowest BCUT2D eigenvalue weighted by Crippen LogP contribution is -2.14. The Morgan fingerprint density at radius 1 is 1.22 bits per heavy atom. The average Bonchev–Trinajstić information content (AvgIpc) is 2.32. The molecule has 8 heteroatoms. The minimum absolute atomic E-state index is 0.0867. The Balaban J connectivity index is 2.42. The molecule has 0 saturated heterocycles. The molecule has 0 unspecified atom stereocenters. The standard InChI is InChI=1S/C10H10N4O2S2/c11-10-7(17-9-6-13-4-5-14-9)2-1-3-8(10)18(12,15)16/h1-6H,11H2,(H2,12,15,16). The predicted octanol–water partition coefficient (Wildman–Crippen LogP) is 0.857. The number of nitrogens with zero attached hydrogens (tertiary/aromatic N) is 2. The number of nitrogen functional groups attached to an aromatic ring is 1. The fourth-order valence-electron chi connectivity index (χ4n) is 1.31. The molecule has 0 spiro atoms. The van der Waals surface area contributed by atoms with Gasteiger partial charge in [-0.2, -0.15) is 0 Å². The Morgan fingerprint density at radius 2 is 2.00 bits per heavy atom. The number of anilines is 1. The summed E-state index contributed by atoms with van der Waals surface area (Å²) < 4.78 is 22.6. The maximum absolute atomic E-state index is 11.3. The van der Waals surface area contributed by atoms with Gasteiger partial charge in [0.2, 0.25) is 10.0 Å². The minimum Gasteiger partial charge on any atom is -0.397 e. The van der Waals surface area contributed by atoms with Crippen molar-refractivity contribution in [3.63, 3.8) is 0 Å². The number of hydrogen-bond donors (Lipinski definition) is 2. The highest BCUT2D eigenvalue weighted by Crippen LogP contribution is 2.33. The van der Waals surface area contributed by atoms with Crippen LogP contribution in [0.5, 0.6) is 0 Å². The van der Waals surface area contributed by atoms with Crippen LogP contribution in [0.2, 0.25) is 0 Å². The van der Waals surface area contributed by atoms with Crippen LogP contribution in [0.3, 0.4) is 0 Å². The first-order valence-corrected chi connectivity index (χ1v) is 7.20. The molecular weight excluding hydrogens is 272 g/mol. The van der Waals surface area contributed by atoms with E-state index in [2.05, 4.69) is 9.97 Å². The largest absolute Gasteiger partial charge is 0.397 e. The van der Waals surface area contributed by atoms with E-state index < -0.39 is 10.0 Å². The summed E-state index contributed by atoms with van der Waals surface area (Å²) in [7, 11) is -3.82. The van der Waals surface area contributed by atoms with Crippen molar-refractivity contribution >= 4 is 27.5 Å². The van der Waals surface area contributed by atoms with Crippen LogP contribution in [0.1, 0.15) is 0 Å². The van der Waals surface area contributed by atoms with Gasteiger partial charge in [-0.05, 0) is 12.1 Å². The summed E-state index contributed by atoms with van der Waals surface area (Å²) in [5, 5.41) is 5.70. The molecule has 1 aromatic heterocycles. The number of rotatable bonds is 3. The van der Waals surface area contributed by atoms with Gasteiger partial charge in [-0.3, -0.25) is 4.98 Å². The molecule has 0 aliphatic rings. The molecule has 1 aromatic carbocycles. The Labute approximate surface area is 108 Å². The average molecular weight is 282 g/mol. The number of sulfonamides is 1. The van der Waals surface area contributed by atoms with E-state index in [1.54, 1.807) is 30.7 Å². The number of primary sulfonamides is 1. The molecule has 6 nitrogen and oxygen atoms in total. The molecule has 18 heavy (non-hydrogen) atoms. The summed E-state index contributed by atoms with van der Waals surface area (Å²) in [6, 6.07) is 4.64. The topological polar surface area (TPSA) is 112 Å². The number of hydrogen-bond acceptors (Lipinski definition) is 6. The Kier molecular flexibility index (Phi) is 3.50. The SMILES string of the molecule is Nc1c(Sc2cnccn2)cccc1S(N)(=O)=O. The van der Waals surface area contributed by atoms with Gasteiger partial charge in [-0.25, -0.2) is 18.5 Å². The molecular formula is C10H10N4O2S2. The first-order chi connectivity index (χ1) is 8.48. The van der Waals surface area contributed by atoms with Gasteiger partial charge in [0, 0.05) is 17.3 Å². The third kappa shape index (κ3) is 2.78. The van der Waals surface area contributed by atoms with Gasteiger partial charge >= 0.3 is 0 Å². The van der Waals surface area contributed by atoms with Crippen molar-refractivity contribution in [2.45, 2.75) is 14.8 Å². The highest BCUT2D eigenvalue weighted by atomic mass is 32.2. The smallest absolute Gasteiger partial charge is 0.240 e. The minimum atomic E-state index is -3.82. The zero-order valence-electron chi connectivity index (χ0n) is 9.15. The van der Waals surface area contributed by atoms with E-state index in [1.807, 2.05) is 0 Å². The first-order valence-electron chi connectivity index (χ1n) is 4.83. The van der Waals surface area contributed by atoms with E-state index in [-0.39, 0.29) is 10.6 Å². The van der Waals surface area contributed by atoms with Crippen molar-refractivity contribution in [1.82, 2.24) is 9.97 Å². The molecule has 0 aliphatic heterocycles. The summed E-state index contributed by atoms with van der Waals surface area (Å²) in [5.41, 5.74) is 5.91. The lowest BCUT2D eigenvalue weighted by molar-refractivity contribution is 0.598. The number of benzene rings is 1. The second kappa shape index (κ2) is 4.92. The normalized spacial score (nSPS) is 11.4. The zero-order valence-corrected chi connectivity index (χ0v) is 10.8. The monoisotopic (exact) mass is 282 g/mol. The van der Waals surface area contributed by atoms with Crippen LogP contribution < -0.4 is 10.9 Å². The molecule has 0 amide bonds. The maximum atomic E-state index is 11.3. The van der Waals surface area contributed by atoms with E-state index in [1.165, 1.54) is 17.8 Å². The third-order valence-electron chi connectivity index (χ3n) is 2.09. The van der Waals surface area contributed by atoms with Gasteiger partial charge in [0.25, 0.3) is 0 Å². The van der Waals surface area contributed by atoms with Gasteiger partial charge < -0.3 is 5.73 Å². The fraction of sp³-hybridized carbons (Fsp3) is 0. The molecule has 0 fully saturated rings. The summed E-state index contributed by atoms with van der Waals surface area (Å²) in [4.78, 5) is 8.47. The van der Waals surface area contributed by atoms with Crippen LogP contribution in [0, 0.1) is 0 Å². The number of para-hydroxylation sites is 1. The molecule has 0 bridgehead atoms. The summed E-state index contributed by atoms with van der Waals surface area (Å²) in [6.07, 6.45) is 4.66. The summed E-state index contributed by atoms with van der Waals surface area (Å²) >= 11 is 1.23. The van der Waals surface area contributed by atoms with Crippen molar-refractivity contribution in [2.24, 2.45) is 5.14 Å². The van der Waals surface area contributed by atoms with E-state index in [9.17, 15) is 8.42 Å². The Morgan fingerprint density at radius 3 is 2.61 bits per heavy atom. The van der Waals surface area contributed by atoms with Crippen LogP contribution in [0.15, 0.2) is 51.6 Å². The molecule has 0 saturated carbocycles. The maximum Gasteiger partial charge on any atom is 0.240 e. The Hall–Kier alpha value is -1.64. The summed E-state index contributed by atoms with van der Waals surface area (Å²) in [5.74, 6) is 0. The molecule has 0 aliphatic carbocycles. The zero-order chi connectivity index (χ0) is 13.2. The molecule has 2 aromatic rings. The first kappa shape index (κ1) is 12.8. The van der Waals surface area contributed by atoms with Crippen LogP contribution in [0.25, 0.3) is 0 Å². The van der Waals surface area contributed by atoms with E-state index in [0.29, 0.717) is 9.92 Å². The number of nitrogens with two attached hydrogens (primary N) is 2.